The van der Waals surface area contributed by atoms with Crippen LogP contribution in [-0.2, 0) is 18.6 Å². The molecule has 6 heteroatoms. The van der Waals surface area contributed by atoms with Crippen molar-refractivity contribution < 1.29 is 18.6 Å². The average Bonchev–Trinajstić information content (AvgIpc) is 2.39. The van der Waals surface area contributed by atoms with E-state index in [1.807, 2.05) is 13.8 Å². The standard InChI is InChI=1S/C9H17O4PS/c1-5-12-9(10)8-6(2)13-14(15,11-4)7(8)3/h6,8,15H,5H2,1-4H3. The summed E-state index contributed by atoms with van der Waals surface area (Å²) >= 11 is 4.38. The molecule has 0 saturated carbocycles. The van der Waals surface area contributed by atoms with E-state index in [-0.39, 0.29) is 18.0 Å². The molecule has 3 atom stereocenters. The van der Waals surface area contributed by atoms with Crippen LogP contribution in [0, 0.1) is 5.92 Å². The summed E-state index contributed by atoms with van der Waals surface area (Å²) in [7, 11) is 1.55. The van der Waals surface area contributed by atoms with E-state index in [1.165, 1.54) is 0 Å². The Bertz CT molecular complexity index is 315. The van der Waals surface area contributed by atoms with Crippen molar-refractivity contribution in [1.82, 2.24) is 0 Å². The van der Waals surface area contributed by atoms with E-state index in [4.69, 9.17) is 13.8 Å². The molecule has 0 radical (unpaired) electrons. The quantitative estimate of drug-likeness (QED) is 0.474. The molecular weight excluding hydrogens is 235 g/mol. The normalized spacial score (nSPS) is 35.7. The summed E-state index contributed by atoms with van der Waals surface area (Å²) in [6.07, 6.45) is -0.227. The molecule has 0 N–H and O–H groups in total. The van der Waals surface area contributed by atoms with E-state index < -0.39 is 6.54 Å². The summed E-state index contributed by atoms with van der Waals surface area (Å²) in [5, 5.41) is 0.847. The van der Waals surface area contributed by atoms with Crippen LogP contribution in [0.15, 0.2) is 0 Å². The minimum atomic E-state index is -2.27. The van der Waals surface area contributed by atoms with Crippen molar-refractivity contribution in [2.24, 2.45) is 5.92 Å². The van der Waals surface area contributed by atoms with Gasteiger partial charge in [0.1, 0.15) is 5.92 Å². The molecule has 1 aliphatic heterocycles. The zero-order chi connectivity index (χ0) is 11.6. The first-order valence-corrected chi connectivity index (χ1v) is 7.60. The third-order valence-electron chi connectivity index (χ3n) is 2.46. The Morgan fingerprint density at radius 2 is 2.27 bits per heavy atom. The van der Waals surface area contributed by atoms with Crippen LogP contribution in [0.5, 0.6) is 0 Å². The molecule has 88 valence electrons. The zero-order valence-corrected chi connectivity index (χ0v) is 11.2. The maximum atomic E-state index is 11.7. The molecule has 0 amide bonds. The topological polar surface area (TPSA) is 44.8 Å². The number of carbonyl (C=O) groups is 1. The van der Waals surface area contributed by atoms with E-state index in [1.54, 1.807) is 14.0 Å². The number of carbonyl (C=O) groups excluding carboxylic acids is 1. The predicted octanol–water partition coefficient (Wildman–Crippen LogP) is 2.12. The Morgan fingerprint density at radius 1 is 1.67 bits per heavy atom. The summed E-state index contributed by atoms with van der Waals surface area (Å²) in [4.78, 5) is 11.7. The summed E-state index contributed by atoms with van der Waals surface area (Å²) in [5.41, 5.74) is 0. The highest BCUT2D eigenvalue weighted by atomic mass is 32.7. The van der Waals surface area contributed by atoms with Crippen molar-refractivity contribution in [3.8, 4) is 0 Å². The Kier molecular flexibility index (Phi) is 4.29. The predicted molar refractivity (Wildman–Crippen MR) is 64.3 cm³/mol. The fourth-order valence-corrected chi connectivity index (χ4v) is 4.27. The van der Waals surface area contributed by atoms with Gasteiger partial charge >= 0.3 is 5.97 Å². The number of hydrogen-bond acceptors (Lipinski definition) is 5. The third kappa shape index (κ3) is 2.41. The molecule has 1 aliphatic rings. The summed E-state index contributed by atoms with van der Waals surface area (Å²) in [5.74, 6) is -0.605. The molecule has 4 nitrogen and oxygen atoms in total. The van der Waals surface area contributed by atoms with Gasteiger partial charge in [0.25, 0.3) is 0 Å². The fraction of sp³-hybridized carbons (Fsp3) is 0.778. The minimum absolute atomic E-state index is 0.227. The van der Waals surface area contributed by atoms with Gasteiger partial charge in [-0.1, -0.05) is 12.2 Å². The van der Waals surface area contributed by atoms with Crippen LogP contribution in [0.2, 0.25) is 0 Å². The van der Waals surface area contributed by atoms with Crippen LogP contribution in [0.4, 0.5) is 0 Å². The van der Waals surface area contributed by atoms with E-state index in [0.29, 0.717) is 6.61 Å². The monoisotopic (exact) mass is 252 g/mol. The van der Waals surface area contributed by atoms with Gasteiger partial charge in [-0.25, -0.2) is 0 Å². The van der Waals surface area contributed by atoms with E-state index in [2.05, 4.69) is 12.2 Å². The molecule has 0 bridgehead atoms. The van der Waals surface area contributed by atoms with Gasteiger partial charge in [-0.05, 0) is 20.8 Å². The van der Waals surface area contributed by atoms with Gasteiger partial charge < -0.3 is 13.8 Å². The van der Waals surface area contributed by atoms with E-state index >= 15 is 0 Å². The first-order chi connectivity index (χ1) is 6.96. The molecule has 15 heavy (non-hydrogen) atoms. The molecule has 3 unspecified atom stereocenters. The van der Waals surface area contributed by atoms with Crippen LogP contribution in [0.3, 0.4) is 0 Å². The zero-order valence-electron chi connectivity index (χ0n) is 9.39. The molecule has 0 aromatic rings. The lowest BCUT2D eigenvalue weighted by atomic mass is 10.0. The molecule has 0 aliphatic carbocycles. The van der Waals surface area contributed by atoms with Gasteiger partial charge in [0.15, 0.2) is 6.54 Å². The van der Waals surface area contributed by atoms with Crippen molar-refractivity contribution >= 4 is 30.1 Å². The Hall–Kier alpha value is 0.0400. The van der Waals surface area contributed by atoms with Crippen LogP contribution in [0.1, 0.15) is 20.8 Å². The first kappa shape index (κ1) is 13.1. The summed E-state index contributed by atoms with van der Waals surface area (Å²) in [6.45, 7) is 3.57. The second-order valence-electron chi connectivity index (χ2n) is 3.38. The van der Waals surface area contributed by atoms with Crippen LogP contribution < -0.4 is 0 Å². The van der Waals surface area contributed by atoms with Crippen molar-refractivity contribution in [3.63, 3.8) is 0 Å². The van der Waals surface area contributed by atoms with Crippen molar-refractivity contribution in [1.29, 1.82) is 0 Å². The van der Waals surface area contributed by atoms with Crippen molar-refractivity contribution in [3.05, 3.63) is 0 Å². The highest BCUT2D eigenvalue weighted by molar-refractivity contribution is 8.48. The Morgan fingerprint density at radius 3 is 2.67 bits per heavy atom. The first-order valence-electron chi connectivity index (χ1n) is 4.82. The Labute approximate surface area is 95.6 Å². The molecule has 0 spiro atoms. The maximum Gasteiger partial charge on any atom is 0.315 e. The number of rotatable bonds is 3. The van der Waals surface area contributed by atoms with Gasteiger partial charge in [0.05, 0.1) is 12.7 Å². The number of hydrogen-bond donors (Lipinski definition) is 1. The Balaban J connectivity index is 2.96. The SMILES string of the molecule is CCOC(=O)C1C(C)=P(S)(OC)OC1C. The summed E-state index contributed by atoms with van der Waals surface area (Å²) in [6, 6.07) is 0. The van der Waals surface area contributed by atoms with Gasteiger partial charge in [0.2, 0.25) is 0 Å². The highest BCUT2D eigenvalue weighted by Crippen LogP contribution is 2.62. The molecule has 0 aromatic carbocycles. The van der Waals surface area contributed by atoms with E-state index in [0.717, 1.165) is 5.29 Å². The largest absolute Gasteiger partial charge is 0.465 e. The lowest BCUT2D eigenvalue weighted by Gasteiger charge is -2.15. The third-order valence-corrected chi connectivity index (χ3v) is 6.46. The van der Waals surface area contributed by atoms with Gasteiger partial charge in [0, 0.05) is 12.4 Å². The van der Waals surface area contributed by atoms with Gasteiger partial charge in [-0.15, -0.1) is 0 Å². The average molecular weight is 252 g/mol. The molecule has 0 saturated heterocycles. The van der Waals surface area contributed by atoms with Crippen LogP contribution >= 0.6 is 18.8 Å². The number of ether oxygens (including phenoxy) is 1. The van der Waals surface area contributed by atoms with Crippen molar-refractivity contribution in [2.75, 3.05) is 13.7 Å². The van der Waals surface area contributed by atoms with Crippen LogP contribution in [0.25, 0.3) is 0 Å². The highest BCUT2D eigenvalue weighted by Gasteiger charge is 2.42. The molecular formula is C9H17O4PS. The van der Waals surface area contributed by atoms with Crippen LogP contribution in [-0.4, -0.2) is 31.1 Å². The summed E-state index contributed by atoms with van der Waals surface area (Å²) < 4.78 is 15.8. The second kappa shape index (κ2) is 4.91. The minimum Gasteiger partial charge on any atom is -0.465 e. The van der Waals surface area contributed by atoms with E-state index in [9.17, 15) is 4.79 Å². The van der Waals surface area contributed by atoms with Crippen molar-refractivity contribution in [2.45, 2.75) is 26.9 Å². The second-order valence-corrected chi connectivity index (χ2v) is 7.29. The maximum absolute atomic E-state index is 11.7. The molecule has 1 rings (SSSR count). The molecule has 1 heterocycles. The smallest absolute Gasteiger partial charge is 0.315 e. The number of thiol groups is 1. The lowest BCUT2D eigenvalue weighted by molar-refractivity contribution is -0.147. The molecule has 0 fully saturated rings. The number of esters is 1. The van der Waals surface area contributed by atoms with Gasteiger partial charge in [-0.3, -0.25) is 4.79 Å². The fourth-order valence-electron chi connectivity index (χ4n) is 1.67. The molecule has 0 aromatic heterocycles. The van der Waals surface area contributed by atoms with Gasteiger partial charge in [-0.2, -0.15) is 0 Å². The lowest BCUT2D eigenvalue weighted by Crippen LogP contribution is -2.29.